The standard InChI is InChI=1S/C19H23FN4O/c1-22-10-2-5-17(22)18-6-3-11-23(18)19(25)14-7-8-16(15(20)13-14)24-12-4-9-21-24/h4,7-9,12-13,17-18H,2-3,5-6,10-11H2,1H3/t17-,18+/m0/s1. The molecule has 5 nitrogen and oxygen atoms in total. The summed E-state index contributed by atoms with van der Waals surface area (Å²) in [5.41, 5.74) is 0.774. The highest BCUT2D eigenvalue weighted by Gasteiger charge is 2.38. The number of likely N-dealkylation sites (N-methyl/N-ethyl adjacent to an activating group) is 1. The molecule has 3 heterocycles. The molecule has 2 saturated heterocycles. The fourth-order valence-corrected chi connectivity index (χ4v) is 4.27. The van der Waals surface area contributed by atoms with Crippen molar-refractivity contribution in [1.29, 1.82) is 0 Å². The summed E-state index contributed by atoms with van der Waals surface area (Å²) in [5.74, 6) is -0.489. The summed E-state index contributed by atoms with van der Waals surface area (Å²) in [7, 11) is 2.14. The normalized spacial score (nSPS) is 24.2. The third-order valence-electron chi connectivity index (χ3n) is 5.53. The van der Waals surface area contributed by atoms with Crippen molar-refractivity contribution in [1.82, 2.24) is 19.6 Å². The number of nitrogens with zero attached hydrogens (tertiary/aromatic N) is 4. The predicted molar refractivity (Wildman–Crippen MR) is 93.2 cm³/mol. The van der Waals surface area contributed by atoms with E-state index < -0.39 is 5.82 Å². The van der Waals surface area contributed by atoms with E-state index in [2.05, 4.69) is 17.0 Å². The molecule has 0 radical (unpaired) electrons. The van der Waals surface area contributed by atoms with Gasteiger partial charge < -0.3 is 9.80 Å². The molecule has 0 saturated carbocycles. The van der Waals surface area contributed by atoms with Crippen molar-refractivity contribution in [2.45, 2.75) is 37.8 Å². The zero-order chi connectivity index (χ0) is 17.4. The Morgan fingerprint density at radius 2 is 2.00 bits per heavy atom. The van der Waals surface area contributed by atoms with Crippen molar-refractivity contribution in [2.24, 2.45) is 0 Å². The van der Waals surface area contributed by atoms with Gasteiger partial charge in [0.25, 0.3) is 5.91 Å². The van der Waals surface area contributed by atoms with Crippen LogP contribution in [-0.4, -0.2) is 57.7 Å². The third kappa shape index (κ3) is 2.95. The van der Waals surface area contributed by atoms with Gasteiger partial charge in [0.05, 0.1) is 0 Å². The molecule has 1 aromatic heterocycles. The highest BCUT2D eigenvalue weighted by molar-refractivity contribution is 5.95. The summed E-state index contributed by atoms with van der Waals surface area (Å²) in [6, 6.07) is 7.09. The molecule has 2 aliphatic rings. The van der Waals surface area contributed by atoms with Crippen molar-refractivity contribution in [3.63, 3.8) is 0 Å². The summed E-state index contributed by atoms with van der Waals surface area (Å²) in [5, 5.41) is 4.05. The van der Waals surface area contributed by atoms with E-state index in [4.69, 9.17) is 0 Å². The zero-order valence-electron chi connectivity index (χ0n) is 14.4. The fourth-order valence-electron chi connectivity index (χ4n) is 4.27. The average Bonchev–Trinajstić information content (AvgIpc) is 3.35. The van der Waals surface area contributed by atoms with Gasteiger partial charge in [-0.15, -0.1) is 0 Å². The van der Waals surface area contributed by atoms with Crippen LogP contribution < -0.4 is 0 Å². The number of likely N-dealkylation sites (tertiary alicyclic amines) is 2. The SMILES string of the molecule is CN1CCC[C@H]1[C@H]1CCCN1C(=O)c1ccc(-n2cccn2)c(F)c1. The van der Waals surface area contributed by atoms with Crippen molar-refractivity contribution in [3.8, 4) is 5.69 Å². The first kappa shape index (κ1) is 16.3. The van der Waals surface area contributed by atoms with Crippen LogP contribution in [0.2, 0.25) is 0 Å². The number of amides is 1. The molecule has 1 aromatic carbocycles. The van der Waals surface area contributed by atoms with E-state index in [0.717, 1.165) is 32.4 Å². The second-order valence-electron chi connectivity index (χ2n) is 7.02. The second kappa shape index (κ2) is 6.59. The number of rotatable bonds is 3. The van der Waals surface area contributed by atoms with Crippen LogP contribution in [0, 0.1) is 5.82 Å². The molecule has 4 rings (SSSR count). The van der Waals surface area contributed by atoms with Crippen molar-refractivity contribution in [2.75, 3.05) is 20.1 Å². The second-order valence-corrected chi connectivity index (χ2v) is 7.02. The number of aromatic nitrogens is 2. The maximum Gasteiger partial charge on any atom is 0.254 e. The molecule has 0 bridgehead atoms. The summed E-state index contributed by atoms with van der Waals surface area (Å²) in [6.07, 6.45) is 7.67. The first-order valence-corrected chi connectivity index (χ1v) is 8.96. The molecule has 6 heteroatoms. The van der Waals surface area contributed by atoms with Gasteiger partial charge in [-0.3, -0.25) is 4.79 Å². The van der Waals surface area contributed by atoms with E-state index in [9.17, 15) is 9.18 Å². The van der Waals surface area contributed by atoms with E-state index in [-0.39, 0.29) is 11.9 Å². The highest BCUT2D eigenvalue weighted by atomic mass is 19.1. The molecule has 2 fully saturated rings. The molecule has 0 N–H and O–H groups in total. The largest absolute Gasteiger partial charge is 0.334 e. The number of benzene rings is 1. The molecule has 25 heavy (non-hydrogen) atoms. The van der Waals surface area contributed by atoms with Gasteiger partial charge in [-0.1, -0.05) is 0 Å². The topological polar surface area (TPSA) is 41.4 Å². The number of halogens is 1. The Balaban J connectivity index is 1.57. The van der Waals surface area contributed by atoms with Gasteiger partial charge in [0.1, 0.15) is 11.5 Å². The average molecular weight is 342 g/mol. The third-order valence-corrected chi connectivity index (χ3v) is 5.53. The molecule has 2 atom stereocenters. The lowest BCUT2D eigenvalue weighted by Gasteiger charge is -2.33. The van der Waals surface area contributed by atoms with Gasteiger partial charge in [-0.25, -0.2) is 9.07 Å². The lowest BCUT2D eigenvalue weighted by atomic mass is 10.0. The van der Waals surface area contributed by atoms with Crippen LogP contribution in [0.1, 0.15) is 36.0 Å². The van der Waals surface area contributed by atoms with Crippen LogP contribution in [0.5, 0.6) is 0 Å². The van der Waals surface area contributed by atoms with Crippen LogP contribution in [0.3, 0.4) is 0 Å². The lowest BCUT2D eigenvalue weighted by molar-refractivity contribution is 0.0664. The molecule has 0 aliphatic carbocycles. The molecule has 2 aromatic rings. The Hall–Kier alpha value is -2.21. The Morgan fingerprint density at radius 3 is 2.68 bits per heavy atom. The Kier molecular flexibility index (Phi) is 4.29. The molecular weight excluding hydrogens is 319 g/mol. The summed E-state index contributed by atoms with van der Waals surface area (Å²) >= 11 is 0. The van der Waals surface area contributed by atoms with E-state index in [1.54, 1.807) is 30.6 Å². The van der Waals surface area contributed by atoms with Crippen molar-refractivity contribution >= 4 is 5.91 Å². The summed E-state index contributed by atoms with van der Waals surface area (Å²) in [6.45, 7) is 1.85. The van der Waals surface area contributed by atoms with Gasteiger partial charge in [-0.2, -0.15) is 5.10 Å². The van der Waals surface area contributed by atoms with Crippen LogP contribution in [0.4, 0.5) is 4.39 Å². The Bertz CT molecular complexity index is 761. The predicted octanol–water partition coefficient (Wildman–Crippen LogP) is 2.71. The first-order chi connectivity index (χ1) is 12.1. The van der Waals surface area contributed by atoms with Crippen LogP contribution in [-0.2, 0) is 0 Å². The van der Waals surface area contributed by atoms with Crippen LogP contribution >= 0.6 is 0 Å². The fraction of sp³-hybridized carbons (Fsp3) is 0.474. The monoisotopic (exact) mass is 342 g/mol. The number of carbonyl (C=O) groups is 1. The van der Waals surface area contributed by atoms with E-state index >= 15 is 0 Å². The Morgan fingerprint density at radius 1 is 1.20 bits per heavy atom. The minimum absolute atomic E-state index is 0.0614. The summed E-state index contributed by atoms with van der Waals surface area (Å²) in [4.78, 5) is 17.3. The Labute approximate surface area is 147 Å². The maximum absolute atomic E-state index is 14.5. The van der Waals surface area contributed by atoms with Crippen molar-refractivity contribution < 1.29 is 9.18 Å². The number of carbonyl (C=O) groups excluding carboxylic acids is 1. The minimum Gasteiger partial charge on any atom is -0.334 e. The number of hydrogen-bond donors (Lipinski definition) is 0. The lowest BCUT2D eigenvalue weighted by Crippen LogP contribution is -2.47. The molecule has 2 aliphatic heterocycles. The van der Waals surface area contributed by atoms with Crippen LogP contribution in [0.25, 0.3) is 5.69 Å². The highest BCUT2D eigenvalue weighted by Crippen LogP contribution is 2.30. The van der Waals surface area contributed by atoms with Gasteiger partial charge in [0.2, 0.25) is 0 Å². The van der Waals surface area contributed by atoms with Gasteiger partial charge >= 0.3 is 0 Å². The van der Waals surface area contributed by atoms with E-state index in [1.165, 1.54) is 17.2 Å². The van der Waals surface area contributed by atoms with Crippen molar-refractivity contribution in [3.05, 3.63) is 48.0 Å². The molecule has 0 unspecified atom stereocenters. The van der Waals surface area contributed by atoms with Crippen LogP contribution in [0.15, 0.2) is 36.7 Å². The molecule has 132 valence electrons. The minimum atomic E-state index is -0.428. The van der Waals surface area contributed by atoms with Gasteiger partial charge in [0, 0.05) is 36.6 Å². The molecule has 0 spiro atoms. The maximum atomic E-state index is 14.5. The first-order valence-electron chi connectivity index (χ1n) is 8.96. The van der Waals surface area contributed by atoms with E-state index in [0.29, 0.717) is 17.3 Å². The zero-order valence-corrected chi connectivity index (χ0v) is 14.4. The van der Waals surface area contributed by atoms with Gasteiger partial charge in [0.15, 0.2) is 0 Å². The van der Waals surface area contributed by atoms with E-state index in [1.807, 2.05) is 4.90 Å². The quantitative estimate of drug-likeness (QED) is 0.861. The van der Waals surface area contributed by atoms with Gasteiger partial charge in [-0.05, 0) is 63.5 Å². The molecular formula is C19H23FN4O. The smallest absolute Gasteiger partial charge is 0.254 e. The number of hydrogen-bond acceptors (Lipinski definition) is 3. The summed E-state index contributed by atoms with van der Waals surface area (Å²) < 4.78 is 15.9. The molecule has 1 amide bonds.